The molecular formula is C48H31ClN2S. The predicted octanol–water partition coefficient (Wildman–Crippen LogP) is 14.6. The van der Waals surface area contributed by atoms with Gasteiger partial charge < -0.3 is 9.47 Å². The fourth-order valence-electron chi connectivity index (χ4n) is 7.72. The molecule has 4 heteroatoms. The molecule has 10 rings (SSSR count). The van der Waals surface area contributed by atoms with Crippen LogP contribution < -0.4 is 4.90 Å². The van der Waals surface area contributed by atoms with E-state index in [0.29, 0.717) is 5.02 Å². The van der Waals surface area contributed by atoms with Crippen molar-refractivity contribution in [3.63, 3.8) is 0 Å². The lowest BCUT2D eigenvalue weighted by atomic mass is 9.97. The third-order valence-corrected chi connectivity index (χ3v) is 11.4. The van der Waals surface area contributed by atoms with Crippen LogP contribution in [0.3, 0.4) is 0 Å². The number of hydrogen-bond acceptors (Lipinski definition) is 2. The number of para-hydroxylation sites is 3. The molecule has 2 aromatic heterocycles. The third-order valence-electron chi connectivity index (χ3n) is 9.97. The Morgan fingerprint density at radius 3 is 1.81 bits per heavy atom. The fraction of sp³-hybridized carbons (Fsp3) is 0. The van der Waals surface area contributed by atoms with Crippen LogP contribution in [0.25, 0.3) is 69.9 Å². The van der Waals surface area contributed by atoms with Crippen molar-refractivity contribution >= 4 is 82.0 Å². The fourth-order valence-corrected chi connectivity index (χ4v) is 9.19. The third kappa shape index (κ3) is 5.09. The highest BCUT2D eigenvalue weighted by atomic mass is 35.5. The second-order valence-electron chi connectivity index (χ2n) is 13.1. The van der Waals surface area contributed by atoms with Crippen molar-refractivity contribution < 1.29 is 0 Å². The highest BCUT2D eigenvalue weighted by Crippen LogP contribution is 2.49. The van der Waals surface area contributed by atoms with Crippen LogP contribution in [0.4, 0.5) is 17.1 Å². The van der Waals surface area contributed by atoms with Crippen molar-refractivity contribution in [3.8, 4) is 27.9 Å². The second kappa shape index (κ2) is 12.6. The van der Waals surface area contributed by atoms with Gasteiger partial charge in [0, 0.05) is 64.3 Å². The Labute approximate surface area is 311 Å². The van der Waals surface area contributed by atoms with E-state index < -0.39 is 0 Å². The number of fused-ring (bicyclic) bond motifs is 7. The molecule has 2 nitrogen and oxygen atoms in total. The Morgan fingerprint density at radius 2 is 1.10 bits per heavy atom. The quantitative estimate of drug-likeness (QED) is 0.167. The number of anilines is 3. The lowest BCUT2D eigenvalue weighted by molar-refractivity contribution is 1.19. The zero-order valence-corrected chi connectivity index (χ0v) is 29.7. The summed E-state index contributed by atoms with van der Waals surface area (Å²) in [6.07, 6.45) is 0. The van der Waals surface area contributed by atoms with Gasteiger partial charge in [-0.3, -0.25) is 0 Å². The first-order valence-electron chi connectivity index (χ1n) is 17.5. The van der Waals surface area contributed by atoms with E-state index in [-0.39, 0.29) is 0 Å². The van der Waals surface area contributed by atoms with Crippen LogP contribution in [0.2, 0.25) is 5.02 Å². The summed E-state index contributed by atoms with van der Waals surface area (Å²) >= 11 is 8.96. The number of nitrogens with zero attached hydrogens (tertiary/aromatic N) is 2. The SMILES string of the molecule is Clc1cc(-c2cc3c4cc(-c5ccccc5)ccc4n(-c4ccccc4)c3c3c2sc2ccccc23)cc(N(c2ccccc2)c2ccccc2)c1. The van der Waals surface area contributed by atoms with Gasteiger partial charge in [0.05, 0.1) is 11.0 Å². The summed E-state index contributed by atoms with van der Waals surface area (Å²) in [4.78, 5) is 2.28. The van der Waals surface area contributed by atoms with Crippen LogP contribution in [0.1, 0.15) is 0 Å². The van der Waals surface area contributed by atoms with Crippen LogP contribution in [0.15, 0.2) is 188 Å². The van der Waals surface area contributed by atoms with Gasteiger partial charge >= 0.3 is 0 Å². The van der Waals surface area contributed by atoms with Crippen LogP contribution in [-0.2, 0) is 0 Å². The molecule has 52 heavy (non-hydrogen) atoms. The van der Waals surface area contributed by atoms with Gasteiger partial charge in [-0.2, -0.15) is 0 Å². The molecule has 0 aliphatic carbocycles. The molecule has 0 unspecified atom stereocenters. The van der Waals surface area contributed by atoms with Gasteiger partial charge in [0.25, 0.3) is 0 Å². The van der Waals surface area contributed by atoms with E-state index in [1.165, 1.54) is 58.7 Å². The van der Waals surface area contributed by atoms with E-state index in [4.69, 9.17) is 11.6 Å². The van der Waals surface area contributed by atoms with Crippen LogP contribution in [0, 0.1) is 0 Å². The minimum Gasteiger partial charge on any atom is -0.310 e. The Hall–Kier alpha value is -6.13. The van der Waals surface area contributed by atoms with Gasteiger partial charge in [-0.25, -0.2) is 0 Å². The molecule has 2 heterocycles. The first-order chi connectivity index (χ1) is 25.7. The van der Waals surface area contributed by atoms with Crippen LogP contribution in [-0.4, -0.2) is 4.57 Å². The molecule has 0 aliphatic rings. The van der Waals surface area contributed by atoms with E-state index in [0.717, 1.165) is 28.3 Å². The maximum Gasteiger partial charge on any atom is 0.0634 e. The molecule has 0 amide bonds. The first-order valence-corrected chi connectivity index (χ1v) is 18.7. The van der Waals surface area contributed by atoms with Crippen molar-refractivity contribution in [3.05, 3.63) is 193 Å². The molecular weight excluding hydrogens is 672 g/mol. The van der Waals surface area contributed by atoms with Crippen molar-refractivity contribution in [2.75, 3.05) is 4.90 Å². The molecule has 0 atom stereocenters. The maximum absolute atomic E-state index is 7.11. The molecule has 0 bridgehead atoms. The summed E-state index contributed by atoms with van der Waals surface area (Å²) in [5.41, 5.74) is 11.4. The number of halogens is 1. The van der Waals surface area contributed by atoms with E-state index in [2.05, 4.69) is 198 Å². The molecule has 0 radical (unpaired) electrons. The summed E-state index contributed by atoms with van der Waals surface area (Å²) in [5, 5.41) is 5.65. The largest absolute Gasteiger partial charge is 0.310 e. The molecule has 10 aromatic rings. The number of thiophene rings is 1. The lowest BCUT2D eigenvalue weighted by Gasteiger charge is -2.26. The van der Waals surface area contributed by atoms with E-state index >= 15 is 0 Å². The smallest absolute Gasteiger partial charge is 0.0634 e. The van der Waals surface area contributed by atoms with Gasteiger partial charge in [0.2, 0.25) is 0 Å². The average molecular weight is 703 g/mol. The minimum atomic E-state index is 0.691. The highest BCUT2D eigenvalue weighted by molar-refractivity contribution is 7.26. The molecule has 8 aromatic carbocycles. The summed E-state index contributed by atoms with van der Waals surface area (Å²) in [5.74, 6) is 0. The zero-order valence-electron chi connectivity index (χ0n) is 28.1. The average Bonchev–Trinajstić information content (AvgIpc) is 3.75. The molecule has 0 N–H and O–H groups in total. The van der Waals surface area contributed by atoms with Gasteiger partial charge in [0.15, 0.2) is 0 Å². The number of hydrogen-bond donors (Lipinski definition) is 0. The van der Waals surface area contributed by atoms with Crippen molar-refractivity contribution in [1.29, 1.82) is 0 Å². The summed E-state index contributed by atoms with van der Waals surface area (Å²) in [6.45, 7) is 0. The number of aromatic nitrogens is 1. The first kappa shape index (κ1) is 30.7. The summed E-state index contributed by atoms with van der Waals surface area (Å²) in [7, 11) is 0. The zero-order chi connectivity index (χ0) is 34.6. The monoisotopic (exact) mass is 702 g/mol. The van der Waals surface area contributed by atoms with Crippen LogP contribution in [0.5, 0.6) is 0 Å². The Balaban J connectivity index is 1.32. The molecule has 0 aliphatic heterocycles. The van der Waals surface area contributed by atoms with Gasteiger partial charge in [-0.15, -0.1) is 11.3 Å². The normalized spacial score (nSPS) is 11.6. The standard InChI is InChI=1S/C48H31ClN2S/c49-35-27-34(28-39(30-35)50(36-17-7-2-8-18-36)37-19-9-3-10-20-37)41-31-43-42-29-33(32-15-5-1-6-16-32)25-26-44(42)51(38-21-11-4-12-22-38)47(43)46-40-23-13-14-24-45(40)52-48(41)46/h1-31H. The Morgan fingerprint density at radius 1 is 0.462 bits per heavy atom. The van der Waals surface area contributed by atoms with E-state index in [1.807, 2.05) is 11.3 Å². The maximum atomic E-state index is 7.11. The molecule has 246 valence electrons. The topological polar surface area (TPSA) is 8.17 Å². The van der Waals surface area contributed by atoms with Crippen molar-refractivity contribution in [2.45, 2.75) is 0 Å². The second-order valence-corrected chi connectivity index (χ2v) is 14.6. The minimum absolute atomic E-state index is 0.691. The molecule has 0 spiro atoms. The molecule has 0 saturated heterocycles. The lowest BCUT2D eigenvalue weighted by Crippen LogP contribution is -2.09. The van der Waals surface area contributed by atoms with Gasteiger partial charge in [-0.1, -0.05) is 121 Å². The Bertz CT molecular complexity index is 2860. The number of benzene rings is 8. The van der Waals surface area contributed by atoms with Gasteiger partial charge in [-0.05, 0) is 95.6 Å². The Kier molecular flexibility index (Phi) is 7.42. The van der Waals surface area contributed by atoms with Crippen molar-refractivity contribution in [2.24, 2.45) is 0 Å². The molecule has 0 saturated carbocycles. The molecule has 0 fully saturated rings. The highest BCUT2D eigenvalue weighted by Gasteiger charge is 2.23. The van der Waals surface area contributed by atoms with E-state index in [1.54, 1.807) is 0 Å². The van der Waals surface area contributed by atoms with E-state index in [9.17, 15) is 0 Å². The summed E-state index contributed by atoms with van der Waals surface area (Å²) in [6, 6.07) is 67.1. The van der Waals surface area contributed by atoms with Crippen molar-refractivity contribution in [1.82, 2.24) is 4.57 Å². The summed E-state index contributed by atoms with van der Waals surface area (Å²) < 4.78 is 4.97. The van der Waals surface area contributed by atoms with Crippen LogP contribution >= 0.6 is 22.9 Å². The predicted molar refractivity (Wildman–Crippen MR) is 224 cm³/mol. The number of rotatable bonds is 6. The van der Waals surface area contributed by atoms with Gasteiger partial charge in [0.1, 0.15) is 0 Å².